The van der Waals surface area contributed by atoms with E-state index in [4.69, 9.17) is 0 Å². The number of amides is 1. The van der Waals surface area contributed by atoms with Crippen molar-refractivity contribution in [2.45, 2.75) is 6.92 Å². The molecule has 2 rings (SSSR count). The molecule has 0 aliphatic carbocycles. The summed E-state index contributed by atoms with van der Waals surface area (Å²) in [5, 5.41) is 12.9. The number of nitro groups is 1. The lowest BCUT2D eigenvalue weighted by molar-refractivity contribution is -0.384. The van der Waals surface area contributed by atoms with Crippen molar-refractivity contribution in [3.63, 3.8) is 0 Å². The average molecular weight is 292 g/mol. The fraction of sp³-hybridized carbons (Fsp3) is 0.0714. The third-order valence-electron chi connectivity index (χ3n) is 2.84. The molecular formula is C14H10F2N2O3. The Morgan fingerprint density at radius 1 is 1.14 bits per heavy atom. The number of aryl methyl sites for hydroxylation is 1. The molecule has 1 N–H and O–H groups in total. The fourth-order valence-corrected chi connectivity index (χ4v) is 1.67. The van der Waals surface area contributed by atoms with Crippen molar-refractivity contribution in [3.8, 4) is 0 Å². The molecule has 0 fully saturated rings. The van der Waals surface area contributed by atoms with Crippen LogP contribution in [0.25, 0.3) is 0 Å². The van der Waals surface area contributed by atoms with Gasteiger partial charge < -0.3 is 5.32 Å². The fourth-order valence-electron chi connectivity index (χ4n) is 1.67. The van der Waals surface area contributed by atoms with Crippen LogP contribution in [0.3, 0.4) is 0 Å². The van der Waals surface area contributed by atoms with E-state index in [1.54, 1.807) is 6.92 Å². The molecule has 108 valence electrons. The zero-order chi connectivity index (χ0) is 15.6. The molecule has 2 aromatic rings. The van der Waals surface area contributed by atoms with E-state index in [-0.39, 0.29) is 5.69 Å². The van der Waals surface area contributed by atoms with Crippen molar-refractivity contribution in [3.05, 3.63) is 69.3 Å². The maximum atomic E-state index is 13.6. The number of nitrogens with one attached hydrogen (secondary N) is 1. The summed E-state index contributed by atoms with van der Waals surface area (Å²) in [5.74, 6) is -2.31. The van der Waals surface area contributed by atoms with Crippen molar-refractivity contribution in [1.82, 2.24) is 0 Å². The summed E-state index contributed by atoms with van der Waals surface area (Å²) < 4.78 is 26.9. The first-order valence-electron chi connectivity index (χ1n) is 5.90. The van der Waals surface area contributed by atoms with Crippen LogP contribution >= 0.6 is 0 Å². The summed E-state index contributed by atoms with van der Waals surface area (Å²) in [6.07, 6.45) is 0. The Labute approximate surface area is 118 Å². The minimum absolute atomic E-state index is 0.133. The number of halogens is 2. The Bertz CT molecular complexity index is 732. The molecule has 0 heterocycles. The van der Waals surface area contributed by atoms with Crippen LogP contribution in [-0.4, -0.2) is 10.8 Å². The van der Waals surface area contributed by atoms with Gasteiger partial charge >= 0.3 is 0 Å². The third-order valence-corrected chi connectivity index (χ3v) is 2.84. The number of rotatable bonds is 3. The van der Waals surface area contributed by atoms with E-state index < -0.39 is 33.7 Å². The van der Waals surface area contributed by atoms with Gasteiger partial charge in [-0.05, 0) is 30.7 Å². The SMILES string of the molecule is Cc1ccc(NC(=O)c2cc([N+](=O)[O-])ccc2F)cc1F. The molecule has 7 heteroatoms. The van der Waals surface area contributed by atoms with E-state index in [2.05, 4.69) is 5.32 Å². The molecule has 2 aromatic carbocycles. The molecule has 0 bridgehead atoms. The molecule has 0 saturated carbocycles. The van der Waals surface area contributed by atoms with E-state index in [0.29, 0.717) is 5.56 Å². The molecule has 0 aromatic heterocycles. The number of carbonyl (C=O) groups is 1. The van der Waals surface area contributed by atoms with Gasteiger partial charge in [0.05, 0.1) is 10.5 Å². The second-order valence-electron chi connectivity index (χ2n) is 4.34. The largest absolute Gasteiger partial charge is 0.322 e. The number of carbonyl (C=O) groups excluding carboxylic acids is 1. The van der Waals surface area contributed by atoms with Crippen molar-refractivity contribution in [2.24, 2.45) is 0 Å². The lowest BCUT2D eigenvalue weighted by Gasteiger charge is -2.07. The number of hydrogen-bond acceptors (Lipinski definition) is 3. The van der Waals surface area contributed by atoms with Crippen LogP contribution in [-0.2, 0) is 0 Å². The Kier molecular flexibility index (Phi) is 3.93. The number of hydrogen-bond donors (Lipinski definition) is 1. The Hall–Kier alpha value is -2.83. The molecule has 0 spiro atoms. The molecule has 0 unspecified atom stereocenters. The highest BCUT2D eigenvalue weighted by Crippen LogP contribution is 2.19. The molecular weight excluding hydrogens is 282 g/mol. The van der Waals surface area contributed by atoms with Gasteiger partial charge in [-0.1, -0.05) is 6.07 Å². The molecule has 21 heavy (non-hydrogen) atoms. The second kappa shape index (κ2) is 5.66. The molecule has 0 aliphatic rings. The molecule has 0 radical (unpaired) electrons. The summed E-state index contributed by atoms with van der Waals surface area (Å²) in [6, 6.07) is 6.61. The first-order chi connectivity index (χ1) is 9.88. The number of non-ortho nitro benzene ring substituents is 1. The van der Waals surface area contributed by atoms with Crippen LogP contribution in [0.5, 0.6) is 0 Å². The smallest absolute Gasteiger partial charge is 0.270 e. The van der Waals surface area contributed by atoms with Crippen LogP contribution in [0.2, 0.25) is 0 Å². The third kappa shape index (κ3) is 3.19. The van der Waals surface area contributed by atoms with Gasteiger partial charge in [-0.25, -0.2) is 8.78 Å². The average Bonchev–Trinajstić information content (AvgIpc) is 2.43. The maximum Gasteiger partial charge on any atom is 0.270 e. The van der Waals surface area contributed by atoms with Crippen molar-refractivity contribution in [1.29, 1.82) is 0 Å². The van der Waals surface area contributed by atoms with Crippen molar-refractivity contribution >= 4 is 17.3 Å². The first-order valence-corrected chi connectivity index (χ1v) is 5.90. The number of nitrogens with zero attached hydrogens (tertiary/aromatic N) is 1. The minimum Gasteiger partial charge on any atom is -0.322 e. The van der Waals surface area contributed by atoms with Gasteiger partial charge in [-0.3, -0.25) is 14.9 Å². The highest BCUT2D eigenvalue weighted by Gasteiger charge is 2.17. The lowest BCUT2D eigenvalue weighted by Crippen LogP contribution is -2.14. The summed E-state index contributed by atoms with van der Waals surface area (Å²) in [4.78, 5) is 21.8. The summed E-state index contributed by atoms with van der Waals surface area (Å²) >= 11 is 0. The lowest BCUT2D eigenvalue weighted by atomic mass is 10.1. The Balaban J connectivity index is 2.29. The molecule has 5 nitrogen and oxygen atoms in total. The monoisotopic (exact) mass is 292 g/mol. The quantitative estimate of drug-likeness (QED) is 0.695. The first kappa shape index (κ1) is 14.6. The Morgan fingerprint density at radius 3 is 2.48 bits per heavy atom. The van der Waals surface area contributed by atoms with E-state index >= 15 is 0 Å². The summed E-state index contributed by atoms with van der Waals surface area (Å²) in [6.45, 7) is 1.56. The van der Waals surface area contributed by atoms with Gasteiger partial charge in [0.2, 0.25) is 0 Å². The summed E-state index contributed by atoms with van der Waals surface area (Å²) in [7, 11) is 0. The Morgan fingerprint density at radius 2 is 1.86 bits per heavy atom. The zero-order valence-corrected chi connectivity index (χ0v) is 10.9. The van der Waals surface area contributed by atoms with E-state index in [1.165, 1.54) is 12.1 Å². The van der Waals surface area contributed by atoms with Crippen molar-refractivity contribution in [2.75, 3.05) is 5.32 Å². The zero-order valence-electron chi connectivity index (χ0n) is 10.9. The van der Waals surface area contributed by atoms with Crippen LogP contribution in [0, 0.1) is 28.7 Å². The van der Waals surface area contributed by atoms with Gasteiger partial charge in [0.1, 0.15) is 11.6 Å². The van der Waals surface area contributed by atoms with Crippen LogP contribution in [0.4, 0.5) is 20.2 Å². The van der Waals surface area contributed by atoms with Gasteiger partial charge in [-0.2, -0.15) is 0 Å². The van der Waals surface area contributed by atoms with Crippen molar-refractivity contribution < 1.29 is 18.5 Å². The molecule has 0 atom stereocenters. The van der Waals surface area contributed by atoms with Gasteiger partial charge in [0.25, 0.3) is 11.6 Å². The van der Waals surface area contributed by atoms with E-state index in [0.717, 1.165) is 24.3 Å². The number of benzene rings is 2. The summed E-state index contributed by atoms with van der Waals surface area (Å²) in [5.41, 5.74) is -0.356. The van der Waals surface area contributed by atoms with Gasteiger partial charge in [0.15, 0.2) is 0 Å². The topological polar surface area (TPSA) is 72.2 Å². The number of anilines is 1. The molecule has 0 saturated heterocycles. The predicted molar refractivity (Wildman–Crippen MR) is 72.1 cm³/mol. The number of nitro benzene ring substituents is 1. The predicted octanol–water partition coefficient (Wildman–Crippen LogP) is 3.43. The van der Waals surface area contributed by atoms with Crippen LogP contribution in [0.15, 0.2) is 36.4 Å². The highest BCUT2D eigenvalue weighted by atomic mass is 19.1. The van der Waals surface area contributed by atoms with E-state index in [1.807, 2.05) is 0 Å². The molecule has 1 amide bonds. The van der Waals surface area contributed by atoms with Gasteiger partial charge in [-0.15, -0.1) is 0 Å². The highest BCUT2D eigenvalue weighted by molar-refractivity contribution is 6.04. The van der Waals surface area contributed by atoms with Gasteiger partial charge in [0, 0.05) is 17.8 Å². The standard InChI is InChI=1S/C14H10F2N2O3/c1-8-2-3-9(6-13(8)16)17-14(19)11-7-10(18(20)21)4-5-12(11)15/h2-7H,1H3,(H,17,19). The van der Waals surface area contributed by atoms with E-state index in [9.17, 15) is 23.7 Å². The molecule has 0 aliphatic heterocycles. The van der Waals surface area contributed by atoms with Crippen LogP contribution < -0.4 is 5.32 Å². The minimum atomic E-state index is -0.898. The maximum absolute atomic E-state index is 13.6. The normalized spacial score (nSPS) is 10.2. The second-order valence-corrected chi connectivity index (χ2v) is 4.34. The van der Waals surface area contributed by atoms with Crippen LogP contribution in [0.1, 0.15) is 15.9 Å².